The number of halogens is 1. The van der Waals surface area contributed by atoms with Crippen LogP contribution in [0.2, 0.25) is 5.02 Å². The van der Waals surface area contributed by atoms with Gasteiger partial charge in [0.05, 0.1) is 11.0 Å². The lowest BCUT2D eigenvalue weighted by molar-refractivity contribution is 0.0950. The molecule has 144 valence electrons. The maximum Gasteiger partial charge on any atom is 0.251 e. The van der Waals surface area contributed by atoms with Gasteiger partial charge in [0.1, 0.15) is 0 Å². The molecule has 1 unspecified atom stereocenters. The van der Waals surface area contributed by atoms with Gasteiger partial charge in [-0.2, -0.15) is 0 Å². The fraction of sp³-hybridized carbons (Fsp3) is 0.316. The number of nitrogens with one attached hydrogen (secondary N) is 2. The molecule has 2 N–H and O–H groups in total. The van der Waals surface area contributed by atoms with Crippen LogP contribution in [0.4, 0.5) is 0 Å². The van der Waals surface area contributed by atoms with Gasteiger partial charge in [0.15, 0.2) is 0 Å². The van der Waals surface area contributed by atoms with Gasteiger partial charge >= 0.3 is 0 Å². The first-order valence-corrected chi connectivity index (χ1v) is 10.5. The summed E-state index contributed by atoms with van der Waals surface area (Å²) in [6.45, 7) is 1.14. The van der Waals surface area contributed by atoms with Crippen LogP contribution < -0.4 is 10.0 Å². The quantitative estimate of drug-likeness (QED) is 0.737. The predicted molar refractivity (Wildman–Crippen MR) is 103 cm³/mol. The van der Waals surface area contributed by atoms with Crippen LogP contribution in [0.5, 0.6) is 0 Å². The largest absolute Gasteiger partial charge is 0.377 e. The Kier molecular flexibility index (Phi) is 6.49. The summed E-state index contributed by atoms with van der Waals surface area (Å²) >= 11 is 6.08. The maximum atomic E-state index is 12.5. The van der Waals surface area contributed by atoms with E-state index < -0.39 is 10.0 Å². The van der Waals surface area contributed by atoms with Gasteiger partial charge in [-0.3, -0.25) is 4.79 Å². The zero-order valence-corrected chi connectivity index (χ0v) is 16.2. The normalized spacial score (nSPS) is 17.0. The first-order valence-electron chi connectivity index (χ1n) is 8.68. The van der Waals surface area contributed by atoms with E-state index in [2.05, 4.69) is 10.0 Å². The van der Waals surface area contributed by atoms with Crippen molar-refractivity contribution in [3.63, 3.8) is 0 Å². The lowest BCUT2D eigenvalue weighted by Gasteiger charge is -2.12. The number of sulfonamides is 1. The number of ether oxygens (including phenoxy) is 1. The molecule has 0 bridgehead atoms. The minimum Gasteiger partial charge on any atom is -0.377 e. The van der Waals surface area contributed by atoms with Gasteiger partial charge in [0.25, 0.3) is 5.91 Å². The molecule has 0 spiro atoms. The highest BCUT2D eigenvalue weighted by atomic mass is 35.5. The molecule has 0 saturated carbocycles. The smallest absolute Gasteiger partial charge is 0.251 e. The minimum atomic E-state index is -3.71. The Hall–Kier alpha value is -1.93. The zero-order valence-electron chi connectivity index (χ0n) is 14.7. The van der Waals surface area contributed by atoms with Crippen LogP contribution >= 0.6 is 11.6 Å². The molecule has 27 heavy (non-hydrogen) atoms. The van der Waals surface area contributed by atoms with Crippen molar-refractivity contribution in [3.05, 3.63) is 64.7 Å². The molecule has 1 saturated heterocycles. The summed E-state index contributed by atoms with van der Waals surface area (Å²) in [5.74, 6) is -0.369. The zero-order chi connectivity index (χ0) is 19.3. The lowest BCUT2D eigenvalue weighted by atomic mass is 10.2. The fourth-order valence-corrected chi connectivity index (χ4v) is 4.13. The van der Waals surface area contributed by atoms with Crippen LogP contribution in [0.3, 0.4) is 0 Å². The van der Waals surface area contributed by atoms with Gasteiger partial charge in [0, 0.05) is 30.3 Å². The average molecular weight is 409 g/mol. The topological polar surface area (TPSA) is 84.5 Å². The molecular formula is C19H21ClN2O4S. The first-order chi connectivity index (χ1) is 13.0. The molecule has 0 aromatic heterocycles. The van der Waals surface area contributed by atoms with Crippen molar-refractivity contribution in [3.8, 4) is 0 Å². The van der Waals surface area contributed by atoms with E-state index in [1.54, 1.807) is 18.2 Å². The van der Waals surface area contributed by atoms with E-state index in [4.69, 9.17) is 16.3 Å². The molecule has 1 amide bonds. The average Bonchev–Trinajstić information content (AvgIpc) is 3.19. The Morgan fingerprint density at radius 3 is 2.74 bits per heavy atom. The number of rotatable bonds is 7. The van der Waals surface area contributed by atoms with E-state index in [0.29, 0.717) is 11.6 Å². The molecule has 2 aromatic rings. The van der Waals surface area contributed by atoms with Gasteiger partial charge < -0.3 is 10.1 Å². The summed E-state index contributed by atoms with van der Waals surface area (Å²) in [5.41, 5.74) is 1.05. The summed E-state index contributed by atoms with van der Waals surface area (Å²) in [7, 11) is -3.71. The second-order valence-electron chi connectivity index (χ2n) is 6.29. The summed E-state index contributed by atoms with van der Waals surface area (Å²) in [6, 6.07) is 13.1. The van der Waals surface area contributed by atoms with Crippen molar-refractivity contribution in [1.82, 2.24) is 10.0 Å². The summed E-state index contributed by atoms with van der Waals surface area (Å²) in [4.78, 5) is 12.4. The molecule has 2 aromatic carbocycles. The third kappa shape index (κ3) is 5.29. The monoisotopic (exact) mass is 408 g/mol. The standard InChI is InChI=1S/C19H21ClN2O4S/c20-18-9-2-1-5-15(18)12-21-19(23)14-6-3-8-17(11-14)27(24,25)22-13-16-7-4-10-26-16/h1-3,5-6,8-9,11,16,22H,4,7,10,12-13H2,(H,21,23). The van der Waals surface area contributed by atoms with Crippen molar-refractivity contribution in [2.24, 2.45) is 0 Å². The molecule has 1 aliphatic heterocycles. The lowest BCUT2D eigenvalue weighted by Crippen LogP contribution is -2.32. The second-order valence-corrected chi connectivity index (χ2v) is 8.46. The molecule has 6 nitrogen and oxygen atoms in total. The van der Waals surface area contributed by atoms with Crippen LogP contribution in [-0.4, -0.2) is 33.6 Å². The first kappa shape index (κ1) is 19.8. The summed E-state index contributed by atoms with van der Waals surface area (Å²) in [5, 5.41) is 3.32. The fourth-order valence-electron chi connectivity index (χ4n) is 2.82. The van der Waals surface area contributed by atoms with Crippen molar-refractivity contribution < 1.29 is 17.9 Å². The van der Waals surface area contributed by atoms with E-state index in [9.17, 15) is 13.2 Å². The molecule has 3 rings (SSSR count). The summed E-state index contributed by atoms with van der Waals surface area (Å²) in [6.07, 6.45) is 1.68. The van der Waals surface area contributed by atoms with Gasteiger partial charge in [0.2, 0.25) is 10.0 Å². The van der Waals surface area contributed by atoms with Crippen molar-refractivity contribution in [2.45, 2.75) is 30.4 Å². The molecule has 1 aliphatic rings. The molecule has 1 heterocycles. The molecule has 1 atom stereocenters. The predicted octanol–water partition coefficient (Wildman–Crippen LogP) is 2.73. The van der Waals surface area contributed by atoms with Crippen molar-refractivity contribution in [1.29, 1.82) is 0 Å². The van der Waals surface area contributed by atoms with E-state index in [0.717, 1.165) is 18.4 Å². The number of benzene rings is 2. The van der Waals surface area contributed by atoms with E-state index in [-0.39, 0.29) is 35.6 Å². The van der Waals surface area contributed by atoms with Gasteiger partial charge in [-0.05, 0) is 42.7 Å². The Balaban J connectivity index is 1.65. The van der Waals surface area contributed by atoms with E-state index >= 15 is 0 Å². The Morgan fingerprint density at radius 2 is 2.00 bits per heavy atom. The number of carbonyl (C=O) groups excluding carboxylic acids is 1. The highest BCUT2D eigenvalue weighted by Crippen LogP contribution is 2.16. The Bertz CT molecular complexity index is 911. The van der Waals surface area contributed by atoms with Gasteiger partial charge in [-0.25, -0.2) is 13.1 Å². The highest BCUT2D eigenvalue weighted by molar-refractivity contribution is 7.89. The van der Waals surface area contributed by atoms with Gasteiger partial charge in [-0.1, -0.05) is 35.9 Å². The molecule has 0 radical (unpaired) electrons. The molecule has 0 aliphatic carbocycles. The number of hydrogen-bond donors (Lipinski definition) is 2. The van der Waals surface area contributed by atoms with E-state index in [1.165, 1.54) is 12.1 Å². The number of amides is 1. The van der Waals surface area contributed by atoms with Crippen LogP contribution in [0, 0.1) is 0 Å². The Morgan fingerprint density at radius 1 is 1.19 bits per heavy atom. The number of hydrogen-bond acceptors (Lipinski definition) is 4. The molecule has 1 fully saturated rings. The second kappa shape index (κ2) is 8.84. The van der Waals surface area contributed by atoms with E-state index in [1.807, 2.05) is 18.2 Å². The van der Waals surface area contributed by atoms with Gasteiger partial charge in [-0.15, -0.1) is 0 Å². The van der Waals surface area contributed by atoms with Crippen LogP contribution in [0.15, 0.2) is 53.4 Å². The van der Waals surface area contributed by atoms with Crippen molar-refractivity contribution >= 4 is 27.5 Å². The minimum absolute atomic E-state index is 0.0471. The number of carbonyl (C=O) groups is 1. The third-order valence-electron chi connectivity index (χ3n) is 4.33. The van der Waals surface area contributed by atoms with Crippen LogP contribution in [0.1, 0.15) is 28.8 Å². The maximum absolute atomic E-state index is 12.5. The van der Waals surface area contributed by atoms with Crippen LogP contribution in [-0.2, 0) is 21.3 Å². The van der Waals surface area contributed by atoms with Crippen LogP contribution in [0.25, 0.3) is 0 Å². The summed E-state index contributed by atoms with van der Waals surface area (Å²) < 4.78 is 32.9. The molecular weight excluding hydrogens is 388 g/mol. The SMILES string of the molecule is O=C(NCc1ccccc1Cl)c1cccc(S(=O)(=O)NCC2CCCO2)c1. The molecule has 8 heteroatoms. The third-order valence-corrected chi connectivity index (χ3v) is 6.12. The Labute approximate surface area is 163 Å². The van der Waals surface area contributed by atoms with Crippen molar-refractivity contribution in [2.75, 3.05) is 13.2 Å². The highest BCUT2D eigenvalue weighted by Gasteiger charge is 2.21.